The summed E-state index contributed by atoms with van der Waals surface area (Å²) < 4.78 is 5.92. The van der Waals surface area contributed by atoms with Crippen LogP contribution in [0.2, 0.25) is 0 Å². The Morgan fingerprint density at radius 3 is 2.92 bits per heavy atom. The minimum Gasteiger partial charge on any atom is -0.376 e. The molecule has 2 aliphatic rings. The van der Waals surface area contributed by atoms with Crippen molar-refractivity contribution in [2.24, 2.45) is 0 Å². The van der Waals surface area contributed by atoms with Crippen LogP contribution in [-0.2, 0) is 20.7 Å². The van der Waals surface area contributed by atoms with Gasteiger partial charge >= 0.3 is 0 Å². The molecule has 2 amide bonds. The Hall–Kier alpha value is -1.47. The number of carbonyl (C=O) groups excluding carboxylic acids is 2. The zero-order chi connectivity index (χ0) is 18.7. The number of hydrogen-bond donors (Lipinski definition) is 1. The molecule has 2 heterocycles. The number of aryl methyl sites for hydroxylation is 2. The van der Waals surface area contributed by atoms with Crippen LogP contribution in [0.15, 0.2) is 5.51 Å². The molecular weight excluding hydrogens is 350 g/mol. The quantitative estimate of drug-likeness (QED) is 0.824. The van der Waals surface area contributed by atoms with E-state index >= 15 is 0 Å². The number of carbonyl (C=O) groups is 2. The van der Waals surface area contributed by atoms with Crippen LogP contribution in [0.3, 0.4) is 0 Å². The lowest BCUT2D eigenvalue weighted by Gasteiger charge is -2.43. The standard InChI is InChI=1S/C19H29N3O3S/c1-4-17(23)21-14-7-8-19(25-3)9-10-22(16(19)11-14)18(24)6-5-15-13(2)20-12-26-15/h12,14,16H,4-11H2,1-3H3,(H,21,23)/t14-,16+,19-/m1/s1. The minimum absolute atomic E-state index is 0.0541. The maximum absolute atomic E-state index is 12.9. The van der Waals surface area contributed by atoms with Crippen LogP contribution in [0.1, 0.15) is 56.0 Å². The summed E-state index contributed by atoms with van der Waals surface area (Å²) in [4.78, 5) is 32.1. The predicted molar refractivity (Wildman–Crippen MR) is 101 cm³/mol. The Morgan fingerprint density at radius 1 is 1.46 bits per heavy atom. The third kappa shape index (κ3) is 3.78. The molecule has 1 saturated heterocycles. The van der Waals surface area contributed by atoms with Crippen molar-refractivity contribution in [3.63, 3.8) is 0 Å². The summed E-state index contributed by atoms with van der Waals surface area (Å²) in [6.45, 7) is 4.60. The lowest BCUT2D eigenvalue weighted by atomic mass is 9.78. The SMILES string of the molecule is CCC(=O)N[C@@H]1CC[C@@]2(OC)CCN(C(=O)CCc3scnc3C)[C@H]2C1. The van der Waals surface area contributed by atoms with Gasteiger partial charge in [0.05, 0.1) is 22.8 Å². The molecule has 1 aromatic heterocycles. The number of fused-ring (bicyclic) bond motifs is 1. The van der Waals surface area contributed by atoms with Crippen LogP contribution >= 0.6 is 11.3 Å². The molecule has 3 rings (SSSR count). The van der Waals surface area contributed by atoms with Crippen molar-refractivity contribution in [1.29, 1.82) is 0 Å². The fraction of sp³-hybridized carbons (Fsp3) is 0.737. The summed E-state index contributed by atoms with van der Waals surface area (Å²) in [6, 6.07) is 0.186. The normalized spacial score (nSPS) is 28.0. The highest BCUT2D eigenvalue weighted by Gasteiger charge is 2.52. The first-order valence-electron chi connectivity index (χ1n) is 9.52. The van der Waals surface area contributed by atoms with E-state index in [1.54, 1.807) is 18.4 Å². The molecule has 0 bridgehead atoms. The Balaban J connectivity index is 1.66. The number of methoxy groups -OCH3 is 1. The van der Waals surface area contributed by atoms with Crippen molar-refractivity contribution in [3.8, 4) is 0 Å². The van der Waals surface area contributed by atoms with Crippen molar-refractivity contribution in [2.75, 3.05) is 13.7 Å². The molecular formula is C19H29N3O3S. The summed E-state index contributed by atoms with van der Waals surface area (Å²) in [6.07, 6.45) is 5.21. The summed E-state index contributed by atoms with van der Waals surface area (Å²) in [7, 11) is 1.76. The molecule has 26 heavy (non-hydrogen) atoms. The molecule has 1 saturated carbocycles. The number of rotatable bonds is 6. The topological polar surface area (TPSA) is 71.5 Å². The molecule has 0 aromatic carbocycles. The van der Waals surface area contributed by atoms with Gasteiger partial charge in [-0.25, -0.2) is 4.98 Å². The second-order valence-corrected chi connectivity index (χ2v) is 8.31. The molecule has 144 valence electrons. The lowest BCUT2D eigenvalue weighted by molar-refractivity contribution is -0.137. The molecule has 0 unspecified atom stereocenters. The summed E-state index contributed by atoms with van der Waals surface area (Å²) >= 11 is 1.62. The minimum atomic E-state index is -0.247. The lowest BCUT2D eigenvalue weighted by Crippen LogP contribution is -2.55. The van der Waals surface area contributed by atoms with Gasteiger partial charge in [0, 0.05) is 37.4 Å². The van der Waals surface area contributed by atoms with Crippen LogP contribution in [0, 0.1) is 6.92 Å². The largest absolute Gasteiger partial charge is 0.376 e. The first-order chi connectivity index (χ1) is 12.5. The molecule has 1 N–H and O–H groups in total. The van der Waals surface area contributed by atoms with Gasteiger partial charge in [0.2, 0.25) is 11.8 Å². The zero-order valence-corrected chi connectivity index (χ0v) is 16.7. The fourth-order valence-corrected chi connectivity index (χ4v) is 5.17. The monoisotopic (exact) mass is 379 g/mol. The number of ether oxygens (including phenoxy) is 1. The fourth-order valence-electron chi connectivity index (χ4n) is 4.39. The number of likely N-dealkylation sites (tertiary alicyclic amines) is 1. The first kappa shape index (κ1) is 19.3. The Morgan fingerprint density at radius 2 is 2.27 bits per heavy atom. The predicted octanol–water partition coefficient (Wildman–Crippen LogP) is 2.45. The number of nitrogens with zero attached hydrogens (tertiary/aromatic N) is 2. The maximum Gasteiger partial charge on any atom is 0.223 e. The highest BCUT2D eigenvalue weighted by atomic mass is 32.1. The molecule has 3 atom stereocenters. The molecule has 1 aliphatic carbocycles. The van der Waals surface area contributed by atoms with E-state index < -0.39 is 0 Å². The maximum atomic E-state index is 12.9. The smallest absolute Gasteiger partial charge is 0.223 e. The van der Waals surface area contributed by atoms with Crippen LogP contribution < -0.4 is 5.32 Å². The van der Waals surface area contributed by atoms with Gasteiger partial charge in [-0.05, 0) is 39.0 Å². The third-order valence-corrected chi connectivity index (χ3v) is 7.00. The third-order valence-electron chi connectivity index (χ3n) is 6.01. The Bertz CT molecular complexity index is 662. The van der Waals surface area contributed by atoms with Crippen molar-refractivity contribution in [3.05, 3.63) is 16.1 Å². The van der Waals surface area contributed by atoms with E-state index in [2.05, 4.69) is 10.3 Å². The molecule has 0 spiro atoms. The van der Waals surface area contributed by atoms with Crippen LogP contribution in [0.4, 0.5) is 0 Å². The first-order valence-corrected chi connectivity index (χ1v) is 10.4. The van der Waals surface area contributed by atoms with Crippen LogP contribution in [-0.4, -0.2) is 53.0 Å². The summed E-state index contributed by atoms with van der Waals surface area (Å²) in [5.41, 5.74) is 2.61. The number of amides is 2. The summed E-state index contributed by atoms with van der Waals surface area (Å²) in [5.74, 6) is 0.264. The average Bonchev–Trinajstić information content (AvgIpc) is 3.23. The molecule has 7 heteroatoms. The van der Waals surface area contributed by atoms with Gasteiger partial charge in [0.15, 0.2) is 0 Å². The molecule has 2 fully saturated rings. The number of nitrogens with one attached hydrogen (secondary N) is 1. The van der Waals surface area contributed by atoms with Gasteiger partial charge in [-0.3, -0.25) is 9.59 Å². The van der Waals surface area contributed by atoms with E-state index in [1.165, 1.54) is 4.88 Å². The van der Waals surface area contributed by atoms with Gasteiger partial charge in [0.1, 0.15) is 0 Å². The Kier molecular flexibility index (Phi) is 5.97. The van der Waals surface area contributed by atoms with Crippen molar-refractivity contribution in [1.82, 2.24) is 15.2 Å². The Labute approximate surface area is 159 Å². The molecule has 1 aliphatic heterocycles. The van der Waals surface area contributed by atoms with Crippen molar-refractivity contribution < 1.29 is 14.3 Å². The van der Waals surface area contributed by atoms with Gasteiger partial charge < -0.3 is 15.0 Å². The summed E-state index contributed by atoms with van der Waals surface area (Å²) in [5, 5.41) is 3.10. The van der Waals surface area contributed by atoms with Gasteiger partial charge in [0.25, 0.3) is 0 Å². The second-order valence-electron chi connectivity index (χ2n) is 7.38. The van der Waals surface area contributed by atoms with E-state index in [4.69, 9.17) is 4.74 Å². The second kappa shape index (κ2) is 8.05. The van der Waals surface area contributed by atoms with E-state index in [0.717, 1.165) is 44.3 Å². The average molecular weight is 380 g/mol. The number of aromatic nitrogens is 1. The van der Waals surface area contributed by atoms with E-state index in [0.29, 0.717) is 12.8 Å². The van der Waals surface area contributed by atoms with Gasteiger partial charge in [-0.15, -0.1) is 11.3 Å². The molecule has 1 aromatic rings. The molecule has 0 radical (unpaired) electrons. The van der Waals surface area contributed by atoms with Crippen molar-refractivity contribution >= 4 is 23.2 Å². The van der Waals surface area contributed by atoms with E-state index in [1.807, 2.05) is 24.3 Å². The van der Waals surface area contributed by atoms with Crippen LogP contribution in [0.25, 0.3) is 0 Å². The highest BCUT2D eigenvalue weighted by molar-refractivity contribution is 7.09. The highest BCUT2D eigenvalue weighted by Crippen LogP contribution is 2.42. The van der Waals surface area contributed by atoms with E-state index in [-0.39, 0.29) is 29.5 Å². The molecule has 6 nitrogen and oxygen atoms in total. The number of hydrogen-bond acceptors (Lipinski definition) is 5. The van der Waals surface area contributed by atoms with E-state index in [9.17, 15) is 9.59 Å². The van der Waals surface area contributed by atoms with Crippen molar-refractivity contribution in [2.45, 2.75) is 76.5 Å². The van der Waals surface area contributed by atoms with Gasteiger partial charge in [-0.1, -0.05) is 6.92 Å². The zero-order valence-electron chi connectivity index (χ0n) is 15.9. The van der Waals surface area contributed by atoms with Gasteiger partial charge in [-0.2, -0.15) is 0 Å². The number of thiazole rings is 1. The van der Waals surface area contributed by atoms with Crippen LogP contribution in [0.5, 0.6) is 0 Å².